The second-order valence-corrected chi connectivity index (χ2v) is 9.35. The van der Waals surface area contributed by atoms with Crippen molar-refractivity contribution in [1.82, 2.24) is 0 Å². The van der Waals surface area contributed by atoms with E-state index in [1.54, 1.807) is 0 Å². The van der Waals surface area contributed by atoms with Crippen molar-refractivity contribution in [3.63, 3.8) is 0 Å². The lowest BCUT2D eigenvalue weighted by Gasteiger charge is -2.08. The van der Waals surface area contributed by atoms with Gasteiger partial charge in [-0.25, -0.2) is 21.6 Å². The van der Waals surface area contributed by atoms with Gasteiger partial charge >= 0.3 is 5.97 Å². The number of hydrogen-bond acceptors (Lipinski definition) is 7. The molecule has 0 saturated heterocycles. The van der Waals surface area contributed by atoms with Crippen molar-refractivity contribution in [3.05, 3.63) is 53.6 Å². The fourth-order valence-corrected chi connectivity index (χ4v) is 4.27. The van der Waals surface area contributed by atoms with Gasteiger partial charge in [-0.05, 0) is 35.9 Å². The minimum Gasteiger partial charge on any atom is -0.507 e. The Kier molecular flexibility index (Phi) is 5.19. The molecule has 2 aromatic rings. The lowest BCUT2D eigenvalue weighted by atomic mass is 10.1. The third-order valence-corrected chi connectivity index (χ3v) is 6.21. The summed E-state index contributed by atoms with van der Waals surface area (Å²) in [5.41, 5.74) is 0.164. The van der Waals surface area contributed by atoms with E-state index in [0.717, 1.165) is 25.5 Å². The summed E-state index contributed by atoms with van der Waals surface area (Å²) in [5, 5.41) is 9.84. The van der Waals surface area contributed by atoms with Crippen LogP contribution in [0.15, 0.2) is 52.3 Å². The van der Waals surface area contributed by atoms with Gasteiger partial charge in [0.05, 0.1) is 22.7 Å². The largest absolute Gasteiger partial charge is 0.507 e. The highest BCUT2D eigenvalue weighted by molar-refractivity contribution is 7.91. The monoisotopic (exact) mass is 384 g/mol. The minimum atomic E-state index is -3.84. The average Bonchev–Trinajstić information content (AvgIpc) is 2.53. The molecule has 0 heterocycles. The quantitative estimate of drug-likeness (QED) is 0.778. The number of esters is 1. The number of phenols is 1. The Morgan fingerprint density at radius 1 is 1.04 bits per heavy atom. The third-order valence-electron chi connectivity index (χ3n) is 3.42. The number of ether oxygens (including phenoxy) is 1. The summed E-state index contributed by atoms with van der Waals surface area (Å²) in [5.74, 6) is -1.60. The molecule has 1 N–H and O–H groups in total. The summed E-state index contributed by atoms with van der Waals surface area (Å²) in [6.45, 7) is 0. The highest BCUT2D eigenvalue weighted by atomic mass is 32.2. The fraction of sp³-hybridized carbons (Fsp3) is 0.188. The summed E-state index contributed by atoms with van der Waals surface area (Å²) < 4.78 is 52.6. The maximum atomic E-state index is 12.5. The van der Waals surface area contributed by atoms with Gasteiger partial charge in [-0.1, -0.05) is 12.1 Å². The number of carbonyl (C=O) groups excluding carboxylic acids is 1. The Morgan fingerprint density at radius 2 is 1.68 bits per heavy atom. The highest BCUT2D eigenvalue weighted by Gasteiger charge is 2.20. The number of hydrogen-bond donors (Lipinski definition) is 1. The lowest BCUT2D eigenvalue weighted by molar-refractivity contribution is 0.0597. The van der Waals surface area contributed by atoms with Crippen LogP contribution in [0, 0.1) is 0 Å². The van der Waals surface area contributed by atoms with E-state index in [9.17, 15) is 26.7 Å². The van der Waals surface area contributed by atoms with Gasteiger partial charge in [0.2, 0.25) is 0 Å². The molecule has 0 radical (unpaired) electrons. The molecule has 0 aliphatic carbocycles. The summed E-state index contributed by atoms with van der Waals surface area (Å²) in [4.78, 5) is 11.2. The number of phenolic OH excluding ortho intramolecular Hbond substituents is 1. The van der Waals surface area contributed by atoms with Crippen molar-refractivity contribution in [2.45, 2.75) is 15.5 Å². The van der Waals surface area contributed by atoms with Crippen molar-refractivity contribution in [2.24, 2.45) is 0 Å². The van der Waals surface area contributed by atoms with E-state index in [4.69, 9.17) is 0 Å². The van der Waals surface area contributed by atoms with Crippen LogP contribution < -0.4 is 0 Å². The molecule has 134 valence electrons. The molecule has 0 atom stereocenters. The lowest BCUT2D eigenvalue weighted by Crippen LogP contribution is -2.07. The molecular weight excluding hydrogens is 368 g/mol. The van der Waals surface area contributed by atoms with E-state index >= 15 is 0 Å². The van der Waals surface area contributed by atoms with Crippen LogP contribution in [-0.4, -0.2) is 41.3 Å². The maximum Gasteiger partial charge on any atom is 0.341 e. The van der Waals surface area contributed by atoms with E-state index in [-0.39, 0.29) is 20.9 Å². The molecule has 0 unspecified atom stereocenters. The van der Waals surface area contributed by atoms with Crippen LogP contribution in [0.5, 0.6) is 5.75 Å². The molecule has 9 heteroatoms. The van der Waals surface area contributed by atoms with Crippen LogP contribution in [0.1, 0.15) is 15.9 Å². The number of rotatable bonds is 5. The SMILES string of the molecule is COC(=O)c1ccc(CS(=O)(=O)c2cccc(S(C)(=O)=O)c2)cc1O. The molecule has 0 aliphatic rings. The van der Waals surface area contributed by atoms with Crippen LogP contribution in [0.2, 0.25) is 0 Å². The molecule has 0 saturated carbocycles. The molecule has 0 spiro atoms. The van der Waals surface area contributed by atoms with Crippen molar-refractivity contribution >= 4 is 25.6 Å². The van der Waals surface area contributed by atoms with Crippen molar-refractivity contribution in [2.75, 3.05) is 13.4 Å². The Labute approximate surface area is 145 Å². The van der Waals surface area contributed by atoms with Gasteiger partial charge in [0, 0.05) is 6.26 Å². The van der Waals surface area contributed by atoms with Crippen LogP contribution >= 0.6 is 0 Å². The van der Waals surface area contributed by atoms with E-state index in [1.165, 1.54) is 30.3 Å². The zero-order chi connectivity index (χ0) is 18.8. The average molecular weight is 384 g/mol. The summed E-state index contributed by atoms with van der Waals surface area (Å²) in [6.07, 6.45) is 0.988. The van der Waals surface area contributed by atoms with Crippen molar-refractivity contribution < 1.29 is 31.5 Å². The number of carbonyl (C=O) groups is 1. The predicted molar refractivity (Wildman–Crippen MR) is 89.9 cm³/mol. The Balaban J connectivity index is 2.37. The molecule has 2 rings (SSSR count). The van der Waals surface area contributed by atoms with Gasteiger partial charge < -0.3 is 9.84 Å². The molecule has 0 aromatic heterocycles. The molecule has 0 amide bonds. The van der Waals surface area contributed by atoms with E-state index in [0.29, 0.717) is 0 Å². The summed E-state index contributed by atoms with van der Waals surface area (Å²) >= 11 is 0. The van der Waals surface area contributed by atoms with Gasteiger partial charge in [-0.3, -0.25) is 0 Å². The molecule has 0 fully saturated rings. The van der Waals surface area contributed by atoms with Crippen LogP contribution in [0.25, 0.3) is 0 Å². The van der Waals surface area contributed by atoms with Crippen molar-refractivity contribution in [3.8, 4) is 5.75 Å². The zero-order valence-electron chi connectivity index (χ0n) is 13.5. The second-order valence-electron chi connectivity index (χ2n) is 5.35. The zero-order valence-corrected chi connectivity index (χ0v) is 15.1. The number of sulfone groups is 2. The summed E-state index contributed by atoms with van der Waals surface area (Å²) in [6, 6.07) is 8.85. The fourth-order valence-electron chi connectivity index (χ4n) is 2.15. The molecule has 0 aliphatic heterocycles. The van der Waals surface area contributed by atoms with Crippen LogP contribution in [0.3, 0.4) is 0 Å². The molecule has 2 aromatic carbocycles. The first-order valence-corrected chi connectivity index (χ1v) is 10.5. The minimum absolute atomic E-state index is 0.0808. The molecule has 0 bridgehead atoms. The first-order chi connectivity index (χ1) is 11.5. The van der Waals surface area contributed by atoms with E-state index in [1.807, 2.05) is 0 Å². The first-order valence-electron chi connectivity index (χ1n) is 6.97. The number of benzene rings is 2. The van der Waals surface area contributed by atoms with E-state index < -0.39 is 37.1 Å². The van der Waals surface area contributed by atoms with Crippen LogP contribution in [0.4, 0.5) is 0 Å². The predicted octanol–water partition coefficient (Wildman–Crippen LogP) is 1.56. The van der Waals surface area contributed by atoms with Gasteiger partial charge in [-0.2, -0.15) is 0 Å². The molecule has 7 nitrogen and oxygen atoms in total. The molecular formula is C16H16O7S2. The first kappa shape index (κ1) is 18.9. The Morgan fingerprint density at radius 3 is 2.24 bits per heavy atom. The standard InChI is InChI=1S/C16H16O7S2/c1-23-16(18)14-7-6-11(8-15(14)17)10-25(21,22)13-5-3-4-12(9-13)24(2,19)20/h3-9,17H,10H2,1-2H3. The Bertz CT molecular complexity index is 1020. The van der Waals surface area contributed by atoms with Crippen LogP contribution in [-0.2, 0) is 30.2 Å². The topological polar surface area (TPSA) is 115 Å². The Hall–Kier alpha value is -2.39. The van der Waals surface area contributed by atoms with Gasteiger partial charge in [0.25, 0.3) is 0 Å². The van der Waals surface area contributed by atoms with Crippen molar-refractivity contribution in [1.29, 1.82) is 0 Å². The maximum absolute atomic E-state index is 12.5. The normalized spacial score (nSPS) is 11.9. The molecule has 25 heavy (non-hydrogen) atoms. The van der Waals surface area contributed by atoms with Gasteiger partial charge in [0.1, 0.15) is 11.3 Å². The number of methoxy groups -OCH3 is 1. The van der Waals surface area contributed by atoms with Gasteiger partial charge in [-0.15, -0.1) is 0 Å². The summed E-state index contributed by atoms with van der Waals surface area (Å²) in [7, 11) is -6.22. The van der Waals surface area contributed by atoms with Gasteiger partial charge in [0.15, 0.2) is 19.7 Å². The number of aromatic hydroxyl groups is 1. The second kappa shape index (κ2) is 6.85. The smallest absolute Gasteiger partial charge is 0.341 e. The van der Waals surface area contributed by atoms with E-state index in [2.05, 4.69) is 4.74 Å². The third kappa shape index (κ3) is 4.37. The highest BCUT2D eigenvalue weighted by Crippen LogP contribution is 2.24.